The van der Waals surface area contributed by atoms with Crippen molar-refractivity contribution in [3.8, 4) is 0 Å². The van der Waals surface area contributed by atoms with Crippen molar-refractivity contribution in [2.75, 3.05) is 0 Å². The van der Waals surface area contributed by atoms with Gasteiger partial charge in [0.2, 0.25) is 0 Å². The summed E-state index contributed by atoms with van der Waals surface area (Å²) >= 11 is 3.48. The van der Waals surface area contributed by atoms with Crippen LogP contribution < -0.4 is 5.32 Å². The summed E-state index contributed by atoms with van der Waals surface area (Å²) in [7, 11) is 0. The number of imidazole rings is 1. The molecule has 15 heavy (non-hydrogen) atoms. The van der Waals surface area contributed by atoms with E-state index in [9.17, 15) is 0 Å². The number of hydrogen-bond acceptors (Lipinski definition) is 2. The van der Waals surface area contributed by atoms with Crippen molar-refractivity contribution in [1.82, 2.24) is 14.9 Å². The van der Waals surface area contributed by atoms with Crippen LogP contribution in [0.25, 0.3) is 0 Å². The zero-order valence-corrected chi connectivity index (χ0v) is 10.9. The van der Waals surface area contributed by atoms with Gasteiger partial charge in [-0.25, -0.2) is 4.98 Å². The average Bonchev–Trinajstić information content (AvgIpc) is 2.44. The highest BCUT2D eigenvalue weighted by Crippen LogP contribution is 2.21. The van der Waals surface area contributed by atoms with Crippen LogP contribution in [0.4, 0.5) is 0 Å². The van der Waals surface area contributed by atoms with Gasteiger partial charge >= 0.3 is 0 Å². The Hall–Kier alpha value is -0.350. The first-order valence-corrected chi connectivity index (χ1v) is 6.42. The van der Waals surface area contributed by atoms with Crippen LogP contribution >= 0.6 is 15.9 Å². The van der Waals surface area contributed by atoms with E-state index >= 15 is 0 Å². The lowest BCUT2D eigenvalue weighted by molar-refractivity contribution is 0.333. The van der Waals surface area contributed by atoms with E-state index in [1.165, 1.54) is 25.0 Å². The first-order chi connectivity index (χ1) is 7.18. The van der Waals surface area contributed by atoms with Crippen molar-refractivity contribution in [3.63, 3.8) is 0 Å². The summed E-state index contributed by atoms with van der Waals surface area (Å²) in [4.78, 5) is 4.30. The fourth-order valence-corrected chi connectivity index (χ4v) is 2.65. The molecule has 0 amide bonds. The molecule has 0 saturated heterocycles. The van der Waals surface area contributed by atoms with E-state index in [2.05, 4.69) is 44.6 Å². The second-order valence-corrected chi connectivity index (χ2v) is 5.20. The maximum atomic E-state index is 4.30. The minimum absolute atomic E-state index is 0.458. The molecule has 1 aromatic rings. The van der Waals surface area contributed by atoms with E-state index in [0.29, 0.717) is 6.04 Å². The number of halogens is 1. The first-order valence-electron chi connectivity index (χ1n) is 5.63. The van der Waals surface area contributed by atoms with E-state index in [0.717, 1.165) is 17.3 Å². The zero-order valence-electron chi connectivity index (χ0n) is 9.33. The molecule has 0 atom stereocenters. The average molecular weight is 272 g/mol. The number of hydrogen-bond donors (Lipinski definition) is 1. The molecule has 2 rings (SSSR count). The maximum Gasteiger partial charge on any atom is 0.177 e. The largest absolute Gasteiger partial charge is 0.319 e. The summed E-state index contributed by atoms with van der Waals surface area (Å²) < 4.78 is 3.16. The Morgan fingerprint density at radius 3 is 2.87 bits per heavy atom. The lowest BCUT2D eigenvalue weighted by Gasteiger charge is -2.27. The third-order valence-electron chi connectivity index (χ3n) is 3.02. The van der Waals surface area contributed by atoms with Gasteiger partial charge in [0.15, 0.2) is 4.73 Å². The molecule has 1 saturated carbocycles. The topological polar surface area (TPSA) is 29.9 Å². The smallest absolute Gasteiger partial charge is 0.177 e. The fraction of sp³-hybridized carbons (Fsp3) is 0.727. The van der Waals surface area contributed by atoms with E-state index in [1.54, 1.807) is 0 Å². The van der Waals surface area contributed by atoms with Crippen molar-refractivity contribution in [2.45, 2.75) is 51.7 Å². The van der Waals surface area contributed by atoms with Crippen LogP contribution in [0.5, 0.6) is 0 Å². The van der Waals surface area contributed by atoms with Crippen LogP contribution in [0.2, 0.25) is 0 Å². The SMILES string of the molecule is CC(C)n1c(CNC2CCC2)cnc1Br. The molecule has 1 aromatic heterocycles. The number of nitrogens with zero attached hydrogens (tertiary/aromatic N) is 2. The van der Waals surface area contributed by atoms with Crippen LogP contribution in [-0.4, -0.2) is 15.6 Å². The van der Waals surface area contributed by atoms with Crippen molar-refractivity contribution in [3.05, 3.63) is 16.6 Å². The number of rotatable bonds is 4. The quantitative estimate of drug-likeness (QED) is 0.913. The predicted octanol–water partition coefficient (Wildman–Crippen LogP) is 2.87. The van der Waals surface area contributed by atoms with Crippen molar-refractivity contribution >= 4 is 15.9 Å². The summed E-state index contributed by atoms with van der Waals surface area (Å²) in [6.45, 7) is 5.29. The molecule has 0 bridgehead atoms. The third-order valence-corrected chi connectivity index (χ3v) is 3.61. The second kappa shape index (κ2) is 4.66. The molecule has 0 radical (unpaired) electrons. The first kappa shape index (κ1) is 11.1. The van der Waals surface area contributed by atoms with Gasteiger partial charge in [0.1, 0.15) is 0 Å². The number of aromatic nitrogens is 2. The molecule has 3 nitrogen and oxygen atoms in total. The summed E-state index contributed by atoms with van der Waals surface area (Å²) in [6.07, 6.45) is 5.99. The fourth-order valence-electron chi connectivity index (χ4n) is 1.91. The molecule has 1 aliphatic carbocycles. The highest BCUT2D eigenvalue weighted by atomic mass is 79.9. The van der Waals surface area contributed by atoms with Crippen LogP contribution in [-0.2, 0) is 6.54 Å². The second-order valence-electron chi connectivity index (χ2n) is 4.49. The van der Waals surface area contributed by atoms with Gasteiger partial charge in [-0.05, 0) is 42.6 Å². The van der Waals surface area contributed by atoms with E-state index < -0.39 is 0 Å². The van der Waals surface area contributed by atoms with Gasteiger partial charge in [-0.2, -0.15) is 0 Å². The van der Waals surface area contributed by atoms with E-state index in [1.807, 2.05) is 6.20 Å². The minimum atomic E-state index is 0.458. The maximum absolute atomic E-state index is 4.30. The minimum Gasteiger partial charge on any atom is -0.319 e. The van der Waals surface area contributed by atoms with E-state index in [-0.39, 0.29) is 0 Å². The highest BCUT2D eigenvalue weighted by molar-refractivity contribution is 9.10. The van der Waals surface area contributed by atoms with Gasteiger partial charge in [-0.1, -0.05) is 6.42 Å². The molecule has 0 aromatic carbocycles. The molecule has 0 aliphatic heterocycles. The lowest BCUT2D eigenvalue weighted by atomic mass is 9.93. The van der Waals surface area contributed by atoms with Gasteiger partial charge < -0.3 is 9.88 Å². The van der Waals surface area contributed by atoms with Crippen LogP contribution in [0.3, 0.4) is 0 Å². The molecule has 1 aliphatic rings. The third kappa shape index (κ3) is 2.42. The Bertz CT molecular complexity index is 329. The van der Waals surface area contributed by atoms with Gasteiger partial charge in [0.05, 0.1) is 11.9 Å². The normalized spacial score (nSPS) is 17.1. The van der Waals surface area contributed by atoms with Gasteiger partial charge in [-0.15, -0.1) is 0 Å². The standard InChI is InChI=1S/C11H18BrN3/c1-8(2)15-10(7-14-11(15)12)6-13-9-4-3-5-9/h7-9,13H,3-6H2,1-2H3. The molecule has 84 valence electrons. The van der Waals surface area contributed by atoms with Crippen LogP contribution in [0.15, 0.2) is 10.9 Å². The van der Waals surface area contributed by atoms with Crippen molar-refractivity contribution in [2.24, 2.45) is 0 Å². The van der Waals surface area contributed by atoms with Gasteiger partial charge in [0.25, 0.3) is 0 Å². The molecule has 1 fully saturated rings. The Morgan fingerprint density at radius 1 is 1.60 bits per heavy atom. The summed E-state index contributed by atoms with van der Waals surface area (Å²) in [6, 6.07) is 1.19. The monoisotopic (exact) mass is 271 g/mol. The summed E-state index contributed by atoms with van der Waals surface area (Å²) in [5.41, 5.74) is 1.27. The Balaban J connectivity index is 2.00. The summed E-state index contributed by atoms with van der Waals surface area (Å²) in [5.74, 6) is 0. The highest BCUT2D eigenvalue weighted by Gasteiger charge is 2.18. The van der Waals surface area contributed by atoms with Crippen molar-refractivity contribution in [1.29, 1.82) is 0 Å². The predicted molar refractivity (Wildman–Crippen MR) is 64.8 cm³/mol. The Kier molecular flexibility index (Phi) is 3.46. The molecular weight excluding hydrogens is 254 g/mol. The van der Waals surface area contributed by atoms with Crippen molar-refractivity contribution < 1.29 is 0 Å². The Morgan fingerprint density at radius 2 is 2.33 bits per heavy atom. The van der Waals surface area contributed by atoms with E-state index in [4.69, 9.17) is 0 Å². The zero-order chi connectivity index (χ0) is 10.8. The van der Waals surface area contributed by atoms with Gasteiger partial charge in [0, 0.05) is 18.6 Å². The molecule has 1 N–H and O–H groups in total. The Labute approximate surface area is 99.4 Å². The molecule has 1 heterocycles. The van der Waals surface area contributed by atoms with Gasteiger partial charge in [-0.3, -0.25) is 0 Å². The van der Waals surface area contributed by atoms with Crippen LogP contribution in [0.1, 0.15) is 44.8 Å². The molecule has 4 heteroatoms. The lowest BCUT2D eigenvalue weighted by Crippen LogP contribution is -2.35. The molecular formula is C11H18BrN3. The molecule has 0 spiro atoms. The summed E-state index contributed by atoms with van der Waals surface area (Å²) in [5, 5.41) is 3.56. The molecule has 0 unspecified atom stereocenters. The van der Waals surface area contributed by atoms with Crippen LogP contribution in [0, 0.1) is 0 Å². The number of nitrogens with one attached hydrogen (secondary N) is 1.